The van der Waals surface area contributed by atoms with E-state index in [1.165, 1.54) is 20.5 Å². The van der Waals surface area contributed by atoms with Crippen molar-refractivity contribution in [2.75, 3.05) is 25.4 Å². The fourth-order valence-corrected chi connectivity index (χ4v) is 4.38. The van der Waals surface area contributed by atoms with E-state index >= 15 is 0 Å². The van der Waals surface area contributed by atoms with Crippen LogP contribution >= 0.6 is 0 Å². The number of nitrogens with zero attached hydrogens (tertiary/aromatic N) is 3. The number of anilines is 1. The second kappa shape index (κ2) is 8.94. The first-order valence-electron chi connectivity index (χ1n) is 10.4. The molecule has 2 aliphatic rings. The van der Waals surface area contributed by atoms with Crippen LogP contribution < -0.4 is 22.3 Å². The molecule has 29 heavy (non-hydrogen) atoms. The van der Waals surface area contributed by atoms with Gasteiger partial charge in [-0.15, -0.1) is 0 Å². The van der Waals surface area contributed by atoms with Crippen LogP contribution in [-0.4, -0.2) is 51.4 Å². The van der Waals surface area contributed by atoms with E-state index in [0.717, 1.165) is 47.7 Å². The SMILES string of the molecule is Cn1c(N)c(C(=O)CN2CCCC(C(=O)NC3CCCCC3)C2)c(=O)n(C)c1=O. The molecule has 0 aromatic carbocycles. The zero-order valence-electron chi connectivity index (χ0n) is 17.3. The van der Waals surface area contributed by atoms with Crippen molar-refractivity contribution in [3.05, 3.63) is 26.4 Å². The smallest absolute Gasteiger partial charge is 0.332 e. The third-order valence-electron chi connectivity index (χ3n) is 6.18. The summed E-state index contributed by atoms with van der Waals surface area (Å²) in [7, 11) is 2.76. The molecule has 3 rings (SSSR count). The average molecular weight is 405 g/mol. The second-order valence-corrected chi connectivity index (χ2v) is 8.31. The molecule has 0 spiro atoms. The fourth-order valence-electron chi connectivity index (χ4n) is 4.38. The van der Waals surface area contributed by atoms with Gasteiger partial charge in [-0.25, -0.2) is 4.79 Å². The molecule has 160 valence electrons. The van der Waals surface area contributed by atoms with Crippen LogP contribution in [0.1, 0.15) is 55.3 Å². The predicted molar refractivity (Wildman–Crippen MR) is 110 cm³/mol. The minimum atomic E-state index is -0.681. The zero-order chi connectivity index (χ0) is 21.1. The van der Waals surface area contributed by atoms with Crippen LogP contribution in [0, 0.1) is 5.92 Å². The highest BCUT2D eigenvalue weighted by Crippen LogP contribution is 2.21. The van der Waals surface area contributed by atoms with Crippen molar-refractivity contribution in [3.8, 4) is 0 Å². The molecule has 9 nitrogen and oxygen atoms in total. The van der Waals surface area contributed by atoms with Gasteiger partial charge in [0.15, 0.2) is 5.78 Å². The predicted octanol–water partition coefficient (Wildman–Crippen LogP) is 0.00980. The van der Waals surface area contributed by atoms with E-state index in [0.29, 0.717) is 13.1 Å². The molecule has 1 unspecified atom stereocenters. The van der Waals surface area contributed by atoms with Gasteiger partial charge in [0.05, 0.1) is 12.5 Å². The number of likely N-dealkylation sites (tertiary alicyclic amines) is 1. The lowest BCUT2D eigenvalue weighted by Gasteiger charge is -2.33. The Hall–Kier alpha value is -2.42. The number of carbonyl (C=O) groups excluding carboxylic acids is 2. The second-order valence-electron chi connectivity index (χ2n) is 8.31. The molecule has 1 aromatic heterocycles. The van der Waals surface area contributed by atoms with Crippen LogP contribution in [0.25, 0.3) is 0 Å². The lowest BCUT2D eigenvalue weighted by Crippen LogP contribution is -2.48. The van der Waals surface area contributed by atoms with E-state index in [9.17, 15) is 19.2 Å². The molecule has 2 fully saturated rings. The van der Waals surface area contributed by atoms with E-state index < -0.39 is 17.0 Å². The molecule has 1 aliphatic carbocycles. The average Bonchev–Trinajstić information content (AvgIpc) is 2.72. The van der Waals surface area contributed by atoms with Gasteiger partial charge in [0.25, 0.3) is 5.56 Å². The highest BCUT2D eigenvalue weighted by molar-refractivity contribution is 6.01. The lowest BCUT2D eigenvalue weighted by atomic mass is 9.93. The van der Waals surface area contributed by atoms with Crippen molar-refractivity contribution in [2.24, 2.45) is 20.0 Å². The molecule has 1 saturated heterocycles. The summed E-state index contributed by atoms with van der Waals surface area (Å²) in [5, 5.41) is 3.17. The van der Waals surface area contributed by atoms with Crippen LogP contribution in [0.5, 0.6) is 0 Å². The summed E-state index contributed by atoms with van der Waals surface area (Å²) in [6, 6.07) is 0.265. The maximum atomic E-state index is 12.8. The highest BCUT2D eigenvalue weighted by atomic mass is 16.2. The van der Waals surface area contributed by atoms with Gasteiger partial charge >= 0.3 is 5.69 Å². The van der Waals surface area contributed by atoms with E-state index in [1.807, 2.05) is 4.90 Å². The third-order valence-corrected chi connectivity index (χ3v) is 6.18. The van der Waals surface area contributed by atoms with Crippen molar-refractivity contribution in [3.63, 3.8) is 0 Å². The summed E-state index contributed by atoms with van der Waals surface area (Å²) in [5.41, 5.74) is 4.47. The number of piperidine rings is 1. The number of ketones is 1. The third kappa shape index (κ3) is 4.60. The maximum absolute atomic E-state index is 12.8. The summed E-state index contributed by atoms with van der Waals surface area (Å²) in [5.74, 6) is -0.635. The molecule has 9 heteroatoms. The number of carbonyl (C=O) groups is 2. The number of nitrogens with two attached hydrogens (primary N) is 1. The molecular weight excluding hydrogens is 374 g/mol. The zero-order valence-corrected chi connectivity index (χ0v) is 17.3. The van der Waals surface area contributed by atoms with Crippen molar-refractivity contribution in [2.45, 2.75) is 51.0 Å². The van der Waals surface area contributed by atoms with Gasteiger partial charge in [-0.1, -0.05) is 19.3 Å². The quantitative estimate of drug-likeness (QED) is 0.666. The van der Waals surface area contributed by atoms with Crippen molar-refractivity contribution in [1.29, 1.82) is 0 Å². The van der Waals surface area contributed by atoms with Gasteiger partial charge in [0, 0.05) is 26.7 Å². The molecular formula is C20H31N5O4. The Bertz CT molecular complexity index is 897. The van der Waals surface area contributed by atoms with Gasteiger partial charge in [-0.05, 0) is 32.2 Å². The number of rotatable bonds is 5. The summed E-state index contributed by atoms with van der Waals surface area (Å²) in [6.45, 7) is 1.17. The van der Waals surface area contributed by atoms with Crippen molar-refractivity contribution < 1.29 is 9.59 Å². The van der Waals surface area contributed by atoms with Crippen LogP contribution in [0.3, 0.4) is 0 Å². The topological polar surface area (TPSA) is 119 Å². The Morgan fingerprint density at radius 1 is 1.03 bits per heavy atom. The summed E-state index contributed by atoms with van der Waals surface area (Å²) in [4.78, 5) is 51.7. The number of amides is 1. The number of hydrogen-bond acceptors (Lipinski definition) is 6. The number of aromatic nitrogens is 2. The fraction of sp³-hybridized carbons (Fsp3) is 0.700. The van der Waals surface area contributed by atoms with E-state index in [2.05, 4.69) is 5.32 Å². The number of hydrogen-bond donors (Lipinski definition) is 2. The summed E-state index contributed by atoms with van der Waals surface area (Å²) in [6.07, 6.45) is 7.24. The van der Waals surface area contributed by atoms with Crippen LogP contribution in [0.15, 0.2) is 9.59 Å². The standard InChI is InChI=1S/C20H31N5O4/c1-23-17(21)16(19(28)24(2)20(23)29)15(26)12-25-10-6-7-13(11-25)18(27)22-14-8-4-3-5-9-14/h13-14H,3-12,21H2,1-2H3,(H,22,27). The summed E-state index contributed by atoms with van der Waals surface area (Å²) >= 11 is 0. The lowest BCUT2D eigenvalue weighted by molar-refractivity contribution is -0.127. The maximum Gasteiger partial charge on any atom is 0.332 e. The molecule has 0 bridgehead atoms. The van der Waals surface area contributed by atoms with Crippen molar-refractivity contribution >= 4 is 17.5 Å². The van der Waals surface area contributed by atoms with E-state index in [-0.39, 0.29) is 35.8 Å². The molecule has 1 atom stereocenters. The first-order chi connectivity index (χ1) is 13.8. The molecule has 1 aromatic rings. The van der Waals surface area contributed by atoms with Crippen molar-refractivity contribution in [1.82, 2.24) is 19.4 Å². The van der Waals surface area contributed by atoms with Gasteiger partial charge in [-0.3, -0.25) is 28.4 Å². The molecule has 2 heterocycles. The first kappa shape index (κ1) is 21.3. The molecule has 1 aliphatic heterocycles. The Labute approximate surface area is 169 Å². The van der Waals surface area contributed by atoms with Gasteiger partial charge < -0.3 is 11.1 Å². The molecule has 3 N–H and O–H groups in total. The van der Waals surface area contributed by atoms with Crippen LogP contribution in [-0.2, 0) is 18.9 Å². The van der Waals surface area contributed by atoms with Gasteiger partial charge in [-0.2, -0.15) is 0 Å². The minimum Gasteiger partial charge on any atom is -0.384 e. The Morgan fingerprint density at radius 2 is 1.72 bits per heavy atom. The summed E-state index contributed by atoms with van der Waals surface area (Å²) < 4.78 is 1.99. The number of nitrogens with one attached hydrogen (secondary N) is 1. The number of Topliss-reactive ketones (excluding diaryl/α,β-unsaturated/α-hetero) is 1. The van der Waals surface area contributed by atoms with E-state index in [4.69, 9.17) is 5.73 Å². The Balaban J connectivity index is 1.66. The first-order valence-corrected chi connectivity index (χ1v) is 10.4. The van der Waals surface area contributed by atoms with Gasteiger partial charge in [0.2, 0.25) is 5.91 Å². The largest absolute Gasteiger partial charge is 0.384 e. The molecule has 1 saturated carbocycles. The monoisotopic (exact) mass is 405 g/mol. The van der Waals surface area contributed by atoms with Crippen LogP contribution in [0.4, 0.5) is 5.82 Å². The van der Waals surface area contributed by atoms with Gasteiger partial charge in [0.1, 0.15) is 11.4 Å². The Morgan fingerprint density at radius 3 is 2.41 bits per heavy atom. The number of nitrogen functional groups attached to an aromatic ring is 1. The van der Waals surface area contributed by atoms with E-state index in [1.54, 1.807) is 0 Å². The molecule has 1 amide bonds. The Kier molecular flexibility index (Phi) is 6.56. The normalized spacial score (nSPS) is 21.1. The highest BCUT2D eigenvalue weighted by Gasteiger charge is 2.30. The minimum absolute atomic E-state index is 0.00481. The molecule has 0 radical (unpaired) electrons. The van der Waals surface area contributed by atoms with Crippen LogP contribution in [0.2, 0.25) is 0 Å².